The molecule has 5 rings (SSSR count). The van der Waals surface area contributed by atoms with Gasteiger partial charge in [0.25, 0.3) is 15.9 Å². The Bertz CT molecular complexity index is 1530. The molecule has 0 amide bonds. The summed E-state index contributed by atoms with van der Waals surface area (Å²) in [6, 6.07) is 15.3. The standard InChI is InChI=1S/C26H29N7O4S/c1-18-6-4-5-7-22(18)23-24(36-3)25(30-26(29-23)31-38(34,35)21-16-28-32(2)17-21)37-20-10-8-19(9-11-20)33-14-12-27-13-15-33/h4-11,16-17,27H,12-15H2,1-3H3,(H,29,30,31). The highest BCUT2D eigenvalue weighted by Gasteiger charge is 2.24. The third-order valence-corrected chi connectivity index (χ3v) is 7.47. The first-order valence-electron chi connectivity index (χ1n) is 12.1. The summed E-state index contributed by atoms with van der Waals surface area (Å²) in [4.78, 5) is 11.2. The topological polar surface area (TPSA) is 123 Å². The summed E-state index contributed by atoms with van der Waals surface area (Å²) in [6.07, 6.45) is 2.65. The second-order valence-electron chi connectivity index (χ2n) is 8.84. The fourth-order valence-electron chi connectivity index (χ4n) is 4.23. The highest BCUT2D eigenvalue weighted by molar-refractivity contribution is 7.92. The van der Waals surface area contributed by atoms with Crippen LogP contribution in [0.5, 0.6) is 17.4 Å². The second kappa shape index (κ2) is 10.7. The maximum atomic E-state index is 13.0. The lowest BCUT2D eigenvalue weighted by Crippen LogP contribution is -2.43. The predicted molar refractivity (Wildman–Crippen MR) is 144 cm³/mol. The quantitative estimate of drug-likeness (QED) is 0.350. The maximum Gasteiger partial charge on any atom is 0.268 e. The number of aryl methyl sites for hydroxylation is 2. The van der Waals surface area contributed by atoms with Crippen molar-refractivity contribution in [1.29, 1.82) is 0 Å². The van der Waals surface area contributed by atoms with Gasteiger partial charge in [0.2, 0.25) is 11.7 Å². The highest BCUT2D eigenvalue weighted by Crippen LogP contribution is 2.40. The Kier molecular flexibility index (Phi) is 7.16. The number of methoxy groups -OCH3 is 1. The van der Waals surface area contributed by atoms with Crippen molar-refractivity contribution >= 4 is 21.7 Å². The Hall–Kier alpha value is -4.16. The van der Waals surface area contributed by atoms with Crippen molar-refractivity contribution in [1.82, 2.24) is 25.1 Å². The van der Waals surface area contributed by atoms with Crippen molar-refractivity contribution < 1.29 is 17.9 Å². The van der Waals surface area contributed by atoms with Crippen molar-refractivity contribution in [2.75, 3.05) is 42.9 Å². The van der Waals surface area contributed by atoms with E-state index >= 15 is 0 Å². The number of anilines is 2. The van der Waals surface area contributed by atoms with E-state index in [2.05, 4.69) is 30.0 Å². The molecule has 38 heavy (non-hydrogen) atoms. The lowest BCUT2D eigenvalue weighted by Gasteiger charge is -2.29. The molecule has 0 bridgehead atoms. The number of hydrogen-bond acceptors (Lipinski definition) is 9. The normalized spacial score (nSPS) is 13.8. The summed E-state index contributed by atoms with van der Waals surface area (Å²) in [5.74, 6) is 0.743. The van der Waals surface area contributed by atoms with E-state index in [0.29, 0.717) is 11.4 Å². The van der Waals surface area contributed by atoms with Crippen molar-refractivity contribution in [3.8, 4) is 28.6 Å². The van der Waals surface area contributed by atoms with Crippen LogP contribution in [-0.4, -0.2) is 61.5 Å². The van der Waals surface area contributed by atoms with Gasteiger partial charge in [-0.05, 0) is 36.8 Å². The number of benzene rings is 2. The van der Waals surface area contributed by atoms with Gasteiger partial charge in [-0.1, -0.05) is 24.3 Å². The van der Waals surface area contributed by atoms with Gasteiger partial charge in [0.1, 0.15) is 16.3 Å². The van der Waals surface area contributed by atoms with E-state index in [0.717, 1.165) is 43.0 Å². The Labute approximate surface area is 221 Å². The third-order valence-electron chi connectivity index (χ3n) is 6.19. The molecule has 2 aromatic heterocycles. The SMILES string of the molecule is COc1c(Oc2ccc(N3CCNCC3)cc2)nc(NS(=O)(=O)c2cnn(C)c2)nc1-c1ccccc1C. The Morgan fingerprint density at radius 1 is 1.03 bits per heavy atom. The van der Waals surface area contributed by atoms with E-state index < -0.39 is 10.0 Å². The number of piperazine rings is 1. The lowest BCUT2D eigenvalue weighted by atomic mass is 10.1. The average molecular weight is 536 g/mol. The number of sulfonamides is 1. The summed E-state index contributed by atoms with van der Waals surface area (Å²) in [6.45, 7) is 5.68. The van der Waals surface area contributed by atoms with Crippen molar-refractivity contribution in [2.24, 2.45) is 7.05 Å². The van der Waals surface area contributed by atoms with E-state index in [-0.39, 0.29) is 22.5 Å². The van der Waals surface area contributed by atoms with Crippen LogP contribution in [0.15, 0.2) is 65.8 Å². The van der Waals surface area contributed by atoms with Crippen LogP contribution in [0, 0.1) is 6.92 Å². The molecule has 0 saturated carbocycles. The molecule has 0 aliphatic carbocycles. The van der Waals surface area contributed by atoms with E-state index in [1.807, 2.05) is 55.5 Å². The zero-order valence-corrected chi connectivity index (χ0v) is 22.2. The van der Waals surface area contributed by atoms with Crippen LogP contribution in [0.2, 0.25) is 0 Å². The molecule has 0 unspecified atom stereocenters. The molecular formula is C26H29N7O4S. The van der Waals surface area contributed by atoms with Gasteiger partial charge in [0, 0.05) is 50.7 Å². The van der Waals surface area contributed by atoms with E-state index in [9.17, 15) is 8.42 Å². The first-order chi connectivity index (χ1) is 18.3. The van der Waals surface area contributed by atoms with Crippen molar-refractivity contribution in [3.63, 3.8) is 0 Å². The Morgan fingerprint density at radius 2 is 1.76 bits per heavy atom. The zero-order valence-electron chi connectivity index (χ0n) is 21.4. The van der Waals surface area contributed by atoms with Crippen LogP contribution < -0.4 is 24.4 Å². The fraction of sp³-hybridized carbons (Fsp3) is 0.269. The van der Waals surface area contributed by atoms with Crippen LogP contribution in [0.25, 0.3) is 11.3 Å². The van der Waals surface area contributed by atoms with E-state index in [1.165, 1.54) is 24.2 Å². The van der Waals surface area contributed by atoms with Gasteiger partial charge in [-0.2, -0.15) is 10.1 Å². The Balaban J connectivity index is 1.53. The number of nitrogens with one attached hydrogen (secondary N) is 2. The molecule has 1 fully saturated rings. The summed E-state index contributed by atoms with van der Waals surface area (Å²) in [5.41, 5.74) is 3.18. The molecule has 1 aliphatic rings. The summed E-state index contributed by atoms with van der Waals surface area (Å²) < 4.78 is 41.7. The second-order valence-corrected chi connectivity index (χ2v) is 10.5. The number of rotatable bonds is 8. The number of hydrogen-bond donors (Lipinski definition) is 2. The smallest absolute Gasteiger partial charge is 0.268 e. The molecule has 1 aliphatic heterocycles. The molecule has 2 N–H and O–H groups in total. The molecule has 0 atom stereocenters. The van der Waals surface area contributed by atoms with Crippen LogP contribution in [0.3, 0.4) is 0 Å². The van der Waals surface area contributed by atoms with Gasteiger partial charge in [-0.25, -0.2) is 18.1 Å². The molecule has 12 heteroatoms. The van der Waals surface area contributed by atoms with Crippen LogP contribution in [0.4, 0.5) is 11.6 Å². The number of aromatic nitrogens is 4. The summed E-state index contributed by atoms with van der Waals surface area (Å²) in [5, 5.41) is 7.30. The minimum atomic E-state index is -3.99. The van der Waals surface area contributed by atoms with Gasteiger partial charge in [0.05, 0.1) is 13.3 Å². The van der Waals surface area contributed by atoms with Crippen LogP contribution in [-0.2, 0) is 17.1 Å². The first kappa shape index (κ1) is 25.5. The van der Waals surface area contributed by atoms with Crippen molar-refractivity contribution in [2.45, 2.75) is 11.8 Å². The summed E-state index contributed by atoms with van der Waals surface area (Å²) >= 11 is 0. The van der Waals surface area contributed by atoms with E-state index in [4.69, 9.17) is 9.47 Å². The molecule has 2 aromatic carbocycles. The molecule has 1 saturated heterocycles. The molecule has 11 nitrogen and oxygen atoms in total. The number of ether oxygens (including phenoxy) is 2. The van der Waals surface area contributed by atoms with Crippen LogP contribution >= 0.6 is 0 Å². The fourth-order valence-corrected chi connectivity index (χ4v) is 5.15. The lowest BCUT2D eigenvalue weighted by molar-refractivity contribution is 0.369. The third kappa shape index (κ3) is 5.41. The average Bonchev–Trinajstić information content (AvgIpc) is 3.37. The molecule has 4 aromatic rings. The van der Waals surface area contributed by atoms with Gasteiger partial charge >= 0.3 is 0 Å². The predicted octanol–water partition coefficient (Wildman–Crippen LogP) is 3.20. The van der Waals surface area contributed by atoms with Crippen molar-refractivity contribution in [3.05, 3.63) is 66.5 Å². The monoisotopic (exact) mass is 535 g/mol. The zero-order chi connectivity index (χ0) is 26.7. The molecular weight excluding hydrogens is 506 g/mol. The largest absolute Gasteiger partial charge is 0.490 e. The van der Waals surface area contributed by atoms with Crippen LogP contribution in [0.1, 0.15) is 5.56 Å². The van der Waals surface area contributed by atoms with Gasteiger partial charge in [-0.15, -0.1) is 0 Å². The molecule has 0 radical (unpaired) electrons. The first-order valence-corrected chi connectivity index (χ1v) is 13.6. The maximum absolute atomic E-state index is 13.0. The minimum absolute atomic E-state index is 0.0113. The van der Waals surface area contributed by atoms with E-state index in [1.54, 1.807) is 7.05 Å². The number of nitrogens with zero attached hydrogens (tertiary/aromatic N) is 5. The molecule has 198 valence electrons. The summed E-state index contributed by atoms with van der Waals surface area (Å²) in [7, 11) is -0.856. The minimum Gasteiger partial charge on any atom is -0.490 e. The highest BCUT2D eigenvalue weighted by atomic mass is 32.2. The van der Waals surface area contributed by atoms with Gasteiger partial charge in [0.15, 0.2) is 0 Å². The van der Waals surface area contributed by atoms with Gasteiger partial charge in [-0.3, -0.25) is 4.68 Å². The molecule has 0 spiro atoms. The Morgan fingerprint density at radius 3 is 2.42 bits per heavy atom. The van der Waals surface area contributed by atoms with Gasteiger partial charge < -0.3 is 19.7 Å². The molecule has 3 heterocycles.